The summed E-state index contributed by atoms with van der Waals surface area (Å²) in [5.41, 5.74) is 4.07. The number of nitrogens with two attached hydrogens (primary N) is 1. The number of nitrogens with one attached hydrogen (secondary N) is 2. The molecule has 10 heteroatoms. The Kier molecular flexibility index (Phi) is 10.3. The Morgan fingerprint density at radius 2 is 1.60 bits per heavy atom. The van der Waals surface area contributed by atoms with Crippen molar-refractivity contribution < 1.29 is 28.7 Å². The molecule has 4 atom stereocenters. The van der Waals surface area contributed by atoms with Gasteiger partial charge in [0, 0.05) is 6.54 Å². The monoisotopic (exact) mass is 562 g/mol. The molecule has 2 aliphatic carbocycles. The molecule has 0 aromatic rings. The Labute approximate surface area is 238 Å². The Hall–Kier alpha value is -2.65. The number of ketones is 1. The molecular weight excluding hydrogens is 512 g/mol. The van der Waals surface area contributed by atoms with Crippen molar-refractivity contribution in [2.75, 3.05) is 6.54 Å². The standard InChI is InChI=1S/C30H50N4O6/c1-18(2)16-20-12-15-34(22(20)26(37)32-21(17-19-10-11-19)23(35)25(31)36)27(38)24(29(3,4)5)33-28(39)40-30(6)13-8-7-9-14-30/h18-22,24H,7-17H2,1-6H3,(H2,31,36)(H,32,37)(H,33,39)/t20-,21?,22+,24-/m1/s1. The lowest BCUT2D eigenvalue weighted by atomic mass is 9.85. The maximum absolute atomic E-state index is 14.1. The number of ether oxygens (including phenoxy) is 1. The van der Waals surface area contributed by atoms with Gasteiger partial charge in [0.1, 0.15) is 17.7 Å². The van der Waals surface area contributed by atoms with Crippen LogP contribution in [0, 0.1) is 23.2 Å². The molecule has 0 spiro atoms. The fourth-order valence-corrected chi connectivity index (χ4v) is 6.25. The summed E-state index contributed by atoms with van der Waals surface area (Å²) in [4.78, 5) is 66.7. The van der Waals surface area contributed by atoms with Crippen LogP contribution < -0.4 is 16.4 Å². The molecule has 4 amide bonds. The lowest BCUT2D eigenvalue weighted by molar-refractivity contribution is -0.144. The van der Waals surface area contributed by atoms with E-state index in [0.29, 0.717) is 25.8 Å². The third-order valence-corrected chi connectivity index (χ3v) is 8.62. The second-order valence-corrected chi connectivity index (χ2v) is 14.0. The molecule has 3 fully saturated rings. The van der Waals surface area contributed by atoms with E-state index in [9.17, 15) is 24.0 Å². The van der Waals surface area contributed by atoms with Gasteiger partial charge < -0.3 is 26.0 Å². The average molecular weight is 563 g/mol. The van der Waals surface area contributed by atoms with E-state index in [0.717, 1.165) is 44.9 Å². The first kappa shape index (κ1) is 31.9. The van der Waals surface area contributed by atoms with E-state index < -0.39 is 52.8 Å². The summed E-state index contributed by atoms with van der Waals surface area (Å²) < 4.78 is 5.83. The first-order valence-electron chi connectivity index (χ1n) is 15.1. The van der Waals surface area contributed by atoms with Gasteiger partial charge in [-0.2, -0.15) is 0 Å². The van der Waals surface area contributed by atoms with Gasteiger partial charge >= 0.3 is 6.09 Å². The molecule has 1 heterocycles. The van der Waals surface area contributed by atoms with Gasteiger partial charge in [0.15, 0.2) is 0 Å². The van der Waals surface area contributed by atoms with Crippen LogP contribution in [0.15, 0.2) is 0 Å². The molecule has 0 radical (unpaired) electrons. The SMILES string of the molecule is CC(C)C[C@H]1CCN(C(=O)[C@@H](NC(=O)OC2(C)CCCCC2)C(C)(C)C)[C@@H]1C(=O)NC(CC1CC1)C(=O)C(N)=O. The number of hydrogen-bond donors (Lipinski definition) is 3. The highest BCUT2D eigenvalue weighted by Crippen LogP contribution is 2.36. The lowest BCUT2D eigenvalue weighted by Gasteiger charge is -2.38. The molecule has 3 aliphatic rings. The Balaban J connectivity index is 1.81. The third-order valence-electron chi connectivity index (χ3n) is 8.62. The van der Waals surface area contributed by atoms with Crippen molar-refractivity contribution in [3.05, 3.63) is 0 Å². The summed E-state index contributed by atoms with van der Waals surface area (Å²) in [5, 5.41) is 5.61. The Morgan fingerprint density at radius 3 is 2.12 bits per heavy atom. The van der Waals surface area contributed by atoms with Crippen molar-refractivity contribution >= 4 is 29.6 Å². The van der Waals surface area contributed by atoms with Crippen LogP contribution in [-0.2, 0) is 23.9 Å². The molecule has 1 unspecified atom stereocenters. The molecule has 3 rings (SSSR count). The van der Waals surface area contributed by atoms with Crippen molar-refractivity contribution in [3.8, 4) is 0 Å². The summed E-state index contributed by atoms with van der Waals surface area (Å²) >= 11 is 0. The van der Waals surface area contributed by atoms with Gasteiger partial charge in [-0.3, -0.25) is 19.2 Å². The van der Waals surface area contributed by atoms with Gasteiger partial charge in [0.2, 0.25) is 17.6 Å². The summed E-state index contributed by atoms with van der Waals surface area (Å²) in [6, 6.07) is -2.75. The highest BCUT2D eigenvalue weighted by molar-refractivity contribution is 6.37. The third kappa shape index (κ3) is 8.43. The van der Waals surface area contributed by atoms with Gasteiger partial charge in [-0.05, 0) is 75.0 Å². The van der Waals surface area contributed by atoms with Crippen LogP contribution in [0.4, 0.5) is 4.79 Å². The number of alkyl carbamates (subject to hydrolysis) is 1. The molecule has 1 saturated heterocycles. The molecule has 2 saturated carbocycles. The molecule has 0 aromatic carbocycles. The van der Waals surface area contributed by atoms with Crippen LogP contribution in [0.1, 0.15) is 106 Å². The largest absolute Gasteiger partial charge is 0.443 e. The smallest absolute Gasteiger partial charge is 0.408 e. The molecular formula is C30H50N4O6. The zero-order valence-corrected chi connectivity index (χ0v) is 25.2. The van der Waals surface area contributed by atoms with Crippen molar-refractivity contribution in [2.24, 2.45) is 28.9 Å². The maximum atomic E-state index is 14.1. The van der Waals surface area contributed by atoms with Crippen LogP contribution in [-0.4, -0.2) is 64.8 Å². The topological polar surface area (TPSA) is 148 Å². The van der Waals surface area contributed by atoms with E-state index in [1.54, 1.807) is 4.90 Å². The van der Waals surface area contributed by atoms with Crippen molar-refractivity contribution in [2.45, 2.75) is 129 Å². The lowest BCUT2D eigenvalue weighted by Crippen LogP contribution is -2.60. The first-order valence-corrected chi connectivity index (χ1v) is 15.1. The van der Waals surface area contributed by atoms with E-state index in [1.165, 1.54) is 0 Å². The zero-order chi connectivity index (χ0) is 29.8. The summed E-state index contributed by atoms with van der Waals surface area (Å²) in [5.74, 6) is -2.27. The number of rotatable bonds is 11. The van der Waals surface area contributed by atoms with Crippen LogP contribution >= 0.6 is 0 Å². The number of carbonyl (C=O) groups excluding carboxylic acids is 5. The maximum Gasteiger partial charge on any atom is 0.408 e. The molecule has 4 N–H and O–H groups in total. The van der Waals surface area contributed by atoms with Gasteiger partial charge in [-0.1, -0.05) is 53.9 Å². The number of Topliss-reactive ketones (excluding diaryl/α,β-unsaturated/α-hetero) is 1. The highest BCUT2D eigenvalue weighted by atomic mass is 16.6. The molecule has 1 aliphatic heterocycles. The second-order valence-electron chi connectivity index (χ2n) is 14.0. The van der Waals surface area contributed by atoms with Gasteiger partial charge in [-0.15, -0.1) is 0 Å². The van der Waals surface area contributed by atoms with Crippen LogP contribution in [0.5, 0.6) is 0 Å². The number of likely N-dealkylation sites (tertiary alicyclic amines) is 1. The molecule has 10 nitrogen and oxygen atoms in total. The van der Waals surface area contributed by atoms with Crippen molar-refractivity contribution in [1.82, 2.24) is 15.5 Å². The Morgan fingerprint density at radius 1 is 0.975 bits per heavy atom. The van der Waals surface area contributed by atoms with Crippen molar-refractivity contribution in [3.63, 3.8) is 0 Å². The molecule has 40 heavy (non-hydrogen) atoms. The predicted molar refractivity (Wildman–Crippen MR) is 151 cm³/mol. The Bertz CT molecular complexity index is 964. The van der Waals surface area contributed by atoms with Gasteiger partial charge in [0.25, 0.3) is 5.91 Å². The summed E-state index contributed by atoms with van der Waals surface area (Å²) in [7, 11) is 0. The first-order chi connectivity index (χ1) is 18.6. The normalized spacial score (nSPS) is 24.2. The quantitative estimate of drug-likeness (QED) is 0.329. The predicted octanol–water partition coefficient (Wildman–Crippen LogP) is 3.45. The molecule has 0 bridgehead atoms. The number of carbonyl (C=O) groups is 5. The van der Waals surface area contributed by atoms with Gasteiger partial charge in [-0.25, -0.2) is 4.79 Å². The zero-order valence-electron chi connectivity index (χ0n) is 25.2. The second kappa shape index (κ2) is 12.9. The minimum Gasteiger partial charge on any atom is -0.443 e. The molecule has 226 valence electrons. The summed E-state index contributed by atoms with van der Waals surface area (Å²) in [6.45, 7) is 12.0. The fraction of sp³-hybridized carbons (Fsp3) is 0.833. The number of primary amides is 1. The number of amides is 4. The highest BCUT2D eigenvalue weighted by Gasteiger charge is 2.47. The van der Waals surface area contributed by atoms with Crippen LogP contribution in [0.3, 0.4) is 0 Å². The molecule has 0 aromatic heterocycles. The minimum absolute atomic E-state index is 0.122. The minimum atomic E-state index is -1.08. The number of nitrogens with zero attached hydrogens (tertiary/aromatic N) is 1. The van der Waals surface area contributed by atoms with Gasteiger partial charge in [0.05, 0.1) is 6.04 Å². The number of hydrogen-bond acceptors (Lipinski definition) is 6. The van der Waals surface area contributed by atoms with Crippen LogP contribution in [0.2, 0.25) is 0 Å². The average Bonchev–Trinajstić information content (AvgIpc) is 3.57. The van der Waals surface area contributed by atoms with E-state index >= 15 is 0 Å². The van der Waals surface area contributed by atoms with E-state index in [4.69, 9.17) is 10.5 Å². The summed E-state index contributed by atoms with van der Waals surface area (Å²) in [6.07, 6.45) is 7.62. The fourth-order valence-electron chi connectivity index (χ4n) is 6.25. The van der Waals surface area contributed by atoms with Crippen molar-refractivity contribution in [1.29, 1.82) is 0 Å². The van der Waals surface area contributed by atoms with Crippen LogP contribution in [0.25, 0.3) is 0 Å². The van der Waals surface area contributed by atoms with E-state index in [2.05, 4.69) is 24.5 Å². The van der Waals surface area contributed by atoms with E-state index in [1.807, 2.05) is 27.7 Å². The van der Waals surface area contributed by atoms with E-state index in [-0.39, 0.29) is 23.7 Å².